The number of hydrogen-bond donors (Lipinski definition) is 1. The fourth-order valence-corrected chi connectivity index (χ4v) is 3.11. The molecule has 2 rings (SSSR count). The van der Waals surface area contributed by atoms with E-state index in [1.54, 1.807) is 0 Å². The average Bonchev–Trinajstić information content (AvgIpc) is 2.96. The lowest BCUT2D eigenvalue weighted by Crippen LogP contribution is -2.51. The molecule has 21 heavy (non-hydrogen) atoms. The van der Waals surface area contributed by atoms with Crippen LogP contribution >= 0.6 is 12.4 Å². The Morgan fingerprint density at radius 1 is 1.38 bits per heavy atom. The Morgan fingerprint density at radius 3 is 2.86 bits per heavy atom. The molecule has 2 heterocycles. The molecule has 0 aromatic rings. The summed E-state index contributed by atoms with van der Waals surface area (Å²) in [5.74, 6) is 0.180. The van der Waals surface area contributed by atoms with E-state index in [0.717, 1.165) is 38.8 Å². The quantitative estimate of drug-likeness (QED) is 0.757. The van der Waals surface area contributed by atoms with Crippen LogP contribution in [0.5, 0.6) is 0 Å². The highest BCUT2D eigenvalue weighted by molar-refractivity contribution is 5.85. The van der Waals surface area contributed by atoms with E-state index in [0.29, 0.717) is 19.6 Å². The van der Waals surface area contributed by atoms with Gasteiger partial charge >= 0.3 is 0 Å². The molecule has 2 N–H and O–H groups in total. The second-order valence-electron chi connectivity index (χ2n) is 5.97. The zero-order chi connectivity index (χ0) is 14.4. The number of nitrogens with zero attached hydrogens (tertiary/aromatic N) is 1. The van der Waals surface area contributed by atoms with Gasteiger partial charge in [-0.1, -0.05) is 0 Å². The predicted molar refractivity (Wildman–Crippen MR) is 84.7 cm³/mol. The summed E-state index contributed by atoms with van der Waals surface area (Å²) in [5.41, 5.74) is 5.99. The zero-order valence-electron chi connectivity index (χ0n) is 13.0. The fourth-order valence-electron chi connectivity index (χ4n) is 3.11. The molecule has 0 bridgehead atoms. The summed E-state index contributed by atoms with van der Waals surface area (Å²) in [6.07, 6.45) is 6.17. The minimum atomic E-state index is 0. The van der Waals surface area contributed by atoms with Crippen molar-refractivity contribution >= 4 is 18.3 Å². The molecule has 2 saturated heterocycles. The Hall–Kier alpha value is -0.360. The second kappa shape index (κ2) is 9.62. The second-order valence-corrected chi connectivity index (χ2v) is 5.97. The molecule has 0 aromatic carbocycles. The van der Waals surface area contributed by atoms with E-state index in [1.165, 1.54) is 6.42 Å². The van der Waals surface area contributed by atoms with Gasteiger partial charge in [-0.05, 0) is 39.0 Å². The molecule has 0 spiro atoms. The van der Waals surface area contributed by atoms with Crippen molar-refractivity contribution in [2.75, 3.05) is 26.4 Å². The molecule has 2 aliphatic heterocycles. The van der Waals surface area contributed by atoms with Crippen molar-refractivity contribution in [3.63, 3.8) is 0 Å². The molecule has 5 nitrogen and oxygen atoms in total. The van der Waals surface area contributed by atoms with Crippen molar-refractivity contribution in [3.05, 3.63) is 0 Å². The molecule has 1 amide bonds. The Kier molecular flexibility index (Phi) is 8.56. The first-order valence-corrected chi connectivity index (χ1v) is 7.93. The Bertz CT molecular complexity index is 309. The third-order valence-electron chi connectivity index (χ3n) is 4.26. The van der Waals surface area contributed by atoms with Gasteiger partial charge in [0.05, 0.1) is 25.7 Å². The predicted octanol–water partition coefficient (Wildman–Crippen LogP) is 1.72. The van der Waals surface area contributed by atoms with Crippen molar-refractivity contribution in [3.8, 4) is 0 Å². The van der Waals surface area contributed by atoms with Crippen molar-refractivity contribution < 1.29 is 14.3 Å². The molecule has 6 heteroatoms. The van der Waals surface area contributed by atoms with E-state index < -0.39 is 0 Å². The summed E-state index contributed by atoms with van der Waals surface area (Å²) in [5, 5.41) is 0. The van der Waals surface area contributed by atoms with Crippen LogP contribution in [-0.2, 0) is 14.3 Å². The maximum Gasteiger partial charge on any atom is 0.225 e. The molecule has 3 unspecified atom stereocenters. The molecular weight excluding hydrogens is 292 g/mol. The third kappa shape index (κ3) is 5.74. The normalized spacial score (nSPS) is 27.2. The number of amides is 1. The highest BCUT2D eigenvalue weighted by Gasteiger charge is 2.28. The van der Waals surface area contributed by atoms with E-state index in [9.17, 15) is 4.79 Å². The van der Waals surface area contributed by atoms with E-state index >= 15 is 0 Å². The number of likely N-dealkylation sites (tertiary alicyclic amines) is 1. The van der Waals surface area contributed by atoms with Gasteiger partial charge in [0.25, 0.3) is 0 Å². The Morgan fingerprint density at radius 2 is 2.19 bits per heavy atom. The molecule has 124 valence electrons. The third-order valence-corrected chi connectivity index (χ3v) is 4.26. The lowest BCUT2D eigenvalue weighted by molar-refractivity contribution is -0.136. The van der Waals surface area contributed by atoms with E-state index in [1.807, 2.05) is 11.8 Å². The highest BCUT2D eigenvalue weighted by Crippen LogP contribution is 2.20. The number of halogens is 1. The maximum absolute atomic E-state index is 12.3. The summed E-state index contributed by atoms with van der Waals surface area (Å²) in [6, 6.07) is 0.251. The van der Waals surface area contributed by atoms with Gasteiger partial charge in [0.2, 0.25) is 5.91 Å². The van der Waals surface area contributed by atoms with Crippen LogP contribution in [0, 0.1) is 0 Å². The van der Waals surface area contributed by atoms with Crippen molar-refractivity contribution in [2.24, 2.45) is 5.73 Å². The SMILES string of the molecule is CC(N)C1CCCCN1C(=O)CCOCC1CCCO1.Cl. The molecule has 3 atom stereocenters. The van der Waals surface area contributed by atoms with Crippen molar-refractivity contribution in [1.82, 2.24) is 4.90 Å². The molecule has 2 aliphatic rings. The first-order chi connectivity index (χ1) is 9.68. The maximum atomic E-state index is 12.3. The van der Waals surface area contributed by atoms with Gasteiger partial charge in [-0.3, -0.25) is 4.79 Å². The summed E-state index contributed by atoms with van der Waals surface area (Å²) < 4.78 is 11.1. The van der Waals surface area contributed by atoms with Crippen LogP contribution in [0.1, 0.15) is 45.4 Å². The van der Waals surface area contributed by atoms with Crippen LogP contribution in [-0.4, -0.2) is 55.4 Å². The Labute approximate surface area is 133 Å². The van der Waals surface area contributed by atoms with Crippen LogP contribution in [0.25, 0.3) is 0 Å². The largest absolute Gasteiger partial charge is 0.378 e. The van der Waals surface area contributed by atoms with Gasteiger partial charge in [-0.25, -0.2) is 0 Å². The van der Waals surface area contributed by atoms with Crippen LogP contribution in [0.2, 0.25) is 0 Å². The van der Waals surface area contributed by atoms with E-state index in [4.69, 9.17) is 15.2 Å². The van der Waals surface area contributed by atoms with Gasteiger partial charge < -0.3 is 20.1 Å². The monoisotopic (exact) mass is 320 g/mol. The van der Waals surface area contributed by atoms with Crippen LogP contribution in [0.3, 0.4) is 0 Å². The van der Waals surface area contributed by atoms with E-state index in [2.05, 4.69) is 0 Å². The summed E-state index contributed by atoms with van der Waals surface area (Å²) in [4.78, 5) is 14.2. The van der Waals surface area contributed by atoms with Gasteiger partial charge in [-0.2, -0.15) is 0 Å². The number of carbonyl (C=O) groups excluding carboxylic acids is 1. The Balaban J connectivity index is 0.00000220. The van der Waals surface area contributed by atoms with Crippen LogP contribution in [0.4, 0.5) is 0 Å². The van der Waals surface area contributed by atoms with Crippen molar-refractivity contribution in [2.45, 2.75) is 63.6 Å². The number of piperidine rings is 1. The lowest BCUT2D eigenvalue weighted by atomic mass is 9.96. The molecule has 0 aromatic heterocycles. The zero-order valence-corrected chi connectivity index (χ0v) is 13.8. The van der Waals surface area contributed by atoms with Gasteiger partial charge in [0, 0.05) is 25.2 Å². The molecule has 0 aliphatic carbocycles. The van der Waals surface area contributed by atoms with Crippen LogP contribution < -0.4 is 5.73 Å². The van der Waals surface area contributed by atoms with E-state index in [-0.39, 0.29) is 36.5 Å². The average molecular weight is 321 g/mol. The summed E-state index contributed by atoms with van der Waals surface area (Å²) in [6.45, 7) is 4.78. The van der Waals surface area contributed by atoms with Crippen LogP contribution in [0.15, 0.2) is 0 Å². The summed E-state index contributed by atoms with van der Waals surface area (Å²) >= 11 is 0. The minimum Gasteiger partial charge on any atom is -0.378 e. The first-order valence-electron chi connectivity index (χ1n) is 7.93. The molecule has 0 radical (unpaired) electrons. The topological polar surface area (TPSA) is 64.8 Å². The number of carbonyl (C=O) groups is 1. The minimum absolute atomic E-state index is 0. The lowest BCUT2D eigenvalue weighted by Gasteiger charge is -2.38. The summed E-state index contributed by atoms with van der Waals surface area (Å²) in [7, 11) is 0. The standard InChI is InChI=1S/C15H28N2O3.ClH/c1-12(16)14-6-2-3-8-17(14)15(18)7-10-19-11-13-5-4-9-20-13;/h12-14H,2-11,16H2,1H3;1H. The smallest absolute Gasteiger partial charge is 0.225 e. The first kappa shape index (κ1) is 18.7. The molecular formula is C15H29ClN2O3. The number of rotatable bonds is 6. The van der Waals surface area contributed by atoms with Gasteiger partial charge in [0.1, 0.15) is 0 Å². The fraction of sp³-hybridized carbons (Fsp3) is 0.933. The molecule has 0 saturated carbocycles. The number of ether oxygens (including phenoxy) is 2. The van der Waals surface area contributed by atoms with Gasteiger partial charge in [-0.15, -0.1) is 12.4 Å². The number of nitrogens with two attached hydrogens (primary N) is 1. The van der Waals surface area contributed by atoms with Gasteiger partial charge in [0.15, 0.2) is 0 Å². The van der Waals surface area contributed by atoms with Crippen molar-refractivity contribution in [1.29, 1.82) is 0 Å². The molecule has 2 fully saturated rings. The highest BCUT2D eigenvalue weighted by atomic mass is 35.5. The number of hydrogen-bond acceptors (Lipinski definition) is 4.